The maximum atomic E-state index is 11.9. The van der Waals surface area contributed by atoms with Crippen molar-refractivity contribution in [1.29, 1.82) is 0 Å². The summed E-state index contributed by atoms with van der Waals surface area (Å²) >= 11 is 5.86. The molecule has 2 heterocycles. The van der Waals surface area contributed by atoms with Crippen LogP contribution in [-0.2, 0) is 9.59 Å². The summed E-state index contributed by atoms with van der Waals surface area (Å²) in [7, 11) is 0. The number of halogens is 1. The predicted molar refractivity (Wildman–Crippen MR) is 73.6 cm³/mol. The van der Waals surface area contributed by atoms with Crippen molar-refractivity contribution in [1.82, 2.24) is 20.3 Å². The van der Waals surface area contributed by atoms with E-state index in [1.807, 2.05) is 6.92 Å². The Bertz CT molecular complexity index is 562. The lowest BCUT2D eigenvalue weighted by molar-refractivity contribution is -0.135. The molecule has 0 aromatic carbocycles. The second-order valence-electron chi connectivity index (χ2n) is 4.78. The highest BCUT2D eigenvalue weighted by molar-refractivity contribution is 6.28. The molecule has 0 aliphatic carbocycles. The van der Waals surface area contributed by atoms with Crippen LogP contribution < -0.4 is 15.5 Å². The minimum absolute atomic E-state index is 0.000167. The van der Waals surface area contributed by atoms with Gasteiger partial charge in [0.05, 0.1) is 0 Å². The second-order valence-corrected chi connectivity index (χ2v) is 5.12. The zero-order valence-electron chi connectivity index (χ0n) is 11.4. The first kappa shape index (κ1) is 14.4. The van der Waals surface area contributed by atoms with E-state index in [4.69, 9.17) is 11.6 Å². The number of anilines is 2. The number of amides is 2. The van der Waals surface area contributed by atoms with Crippen molar-refractivity contribution in [3.8, 4) is 0 Å². The van der Waals surface area contributed by atoms with Crippen molar-refractivity contribution < 1.29 is 9.59 Å². The second kappa shape index (κ2) is 5.20. The van der Waals surface area contributed by atoms with Crippen LogP contribution in [0.25, 0.3) is 0 Å². The molecule has 1 aromatic heterocycles. The number of nitrogens with one attached hydrogen (secondary N) is 2. The van der Waals surface area contributed by atoms with Crippen molar-refractivity contribution in [3.63, 3.8) is 0 Å². The summed E-state index contributed by atoms with van der Waals surface area (Å²) in [5, 5.41) is 5.20. The molecule has 0 spiro atoms. The van der Waals surface area contributed by atoms with Crippen LogP contribution in [0.15, 0.2) is 0 Å². The van der Waals surface area contributed by atoms with Gasteiger partial charge >= 0.3 is 0 Å². The summed E-state index contributed by atoms with van der Waals surface area (Å²) in [4.78, 5) is 37.1. The molecule has 0 unspecified atom stereocenters. The van der Waals surface area contributed by atoms with E-state index in [0.29, 0.717) is 12.5 Å². The van der Waals surface area contributed by atoms with Crippen LogP contribution in [-0.4, -0.2) is 45.4 Å². The quantitative estimate of drug-likeness (QED) is 0.769. The van der Waals surface area contributed by atoms with E-state index in [9.17, 15) is 9.59 Å². The van der Waals surface area contributed by atoms with Crippen molar-refractivity contribution >= 4 is 35.3 Å². The van der Waals surface area contributed by atoms with E-state index in [0.717, 1.165) is 0 Å². The molecule has 1 aliphatic rings. The van der Waals surface area contributed by atoms with Crippen LogP contribution in [0.4, 0.5) is 11.9 Å². The molecule has 8 nitrogen and oxygen atoms in total. The number of carbonyl (C=O) groups excluding carboxylic acids is 2. The average molecular weight is 299 g/mol. The molecular formula is C11H15ClN6O2. The molecule has 2 rings (SSSR count). The first-order chi connectivity index (χ1) is 9.34. The van der Waals surface area contributed by atoms with E-state index in [2.05, 4.69) is 25.6 Å². The van der Waals surface area contributed by atoms with Gasteiger partial charge in [-0.15, -0.1) is 0 Å². The fourth-order valence-corrected chi connectivity index (χ4v) is 1.96. The van der Waals surface area contributed by atoms with Crippen molar-refractivity contribution in [2.75, 3.05) is 23.3 Å². The molecule has 0 saturated carbocycles. The van der Waals surface area contributed by atoms with Crippen LogP contribution in [0.3, 0.4) is 0 Å². The van der Waals surface area contributed by atoms with Gasteiger partial charge in [-0.25, -0.2) is 0 Å². The standard InChI is InChI=1S/C11H15ClN6O2/c1-4-13-9-15-8(12)16-10(17-9)18-5-6(19)14-7(20)11(18,2)3/h4-5H2,1-3H3,(H,14,19,20)(H,13,15,16,17). The number of piperazine rings is 1. The topological polar surface area (TPSA) is 100 Å². The third kappa shape index (κ3) is 2.64. The highest BCUT2D eigenvalue weighted by Gasteiger charge is 2.42. The highest BCUT2D eigenvalue weighted by atomic mass is 35.5. The van der Waals surface area contributed by atoms with Gasteiger partial charge in [0.2, 0.25) is 23.1 Å². The number of carbonyl (C=O) groups is 2. The molecule has 2 amide bonds. The molecule has 1 fully saturated rings. The lowest BCUT2D eigenvalue weighted by atomic mass is 9.99. The van der Waals surface area contributed by atoms with Gasteiger partial charge < -0.3 is 10.2 Å². The third-order valence-corrected chi connectivity index (χ3v) is 3.13. The molecule has 0 bridgehead atoms. The summed E-state index contributed by atoms with van der Waals surface area (Å²) in [5.74, 6) is -0.322. The Hall–Kier alpha value is -1.96. The van der Waals surface area contributed by atoms with Gasteiger partial charge in [-0.1, -0.05) is 0 Å². The van der Waals surface area contributed by atoms with Gasteiger partial charge in [-0.3, -0.25) is 14.9 Å². The fraction of sp³-hybridized carbons (Fsp3) is 0.545. The molecule has 9 heteroatoms. The van der Waals surface area contributed by atoms with E-state index in [1.54, 1.807) is 13.8 Å². The Labute approximate surface area is 120 Å². The van der Waals surface area contributed by atoms with E-state index in [1.165, 1.54) is 4.90 Å². The number of imide groups is 1. The Morgan fingerprint density at radius 1 is 1.35 bits per heavy atom. The van der Waals surface area contributed by atoms with E-state index >= 15 is 0 Å². The molecule has 108 valence electrons. The van der Waals surface area contributed by atoms with Crippen LogP contribution in [0.1, 0.15) is 20.8 Å². The third-order valence-electron chi connectivity index (χ3n) is 2.96. The van der Waals surface area contributed by atoms with Crippen molar-refractivity contribution in [2.24, 2.45) is 0 Å². The SMILES string of the molecule is CCNc1nc(Cl)nc(N2CC(=O)NC(=O)C2(C)C)n1. The lowest BCUT2D eigenvalue weighted by Gasteiger charge is -2.39. The summed E-state index contributed by atoms with van der Waals surface area (Å²) in [6, 6.07) is 0. The van der Waals surface area contributed by atoms with Gasteiger partial charge in [0.25, 0.3) is 5.91 Å². The van der Waals surface area contributed by atoms with Gasteiger partial charge in [0.1, 0.15) is 12.1 Å². The number of hydrogen-bond donors (Lipinski definition) is 2. The Morgan fingerprint density at radius 3 is 2.70 bits per heavy atom. The first-order valence-corrected chi connectivity index (χ1v) is 6.49. The molecule has 20 heavy (non-hydrogen) atoms. The van der Waals surface area contributed by atoms with Crippen LogP contribution >= 0.6 is 11.6 Å². The molecule has 1 aliphatic heterocycles. The molecule has 2 N–H and O–H groups in total. The zero-order valence-corrected chi connectivity index (χ0v) is 12.2. The Kier molecular flexibility index (Phi) is 3.76. The summed E-state index contributed by atoms with van der Waals surface area (Å²) < 4.78 is 0. The Balaban J connectivity index is 2.42. The molecule has 0 radical (unpaired) electrons. The lowest BCUT2D eigenvalue weighted by Crippen LogP contribution is -2.64. The predicted octanol–water partition coefficient (Wildman–Crippen LogP) is 0.198. The van der Waals surface area contributed by atoms with Gasteiger partial charge in [0.15, 0.2) is 0 Å². The molecule has 0 atom stereocenters. The smallest absolute Gasteiger partial charge is 0.252 e. The van der Waals surface area contributed by atoms with Gasteiger partial charge in [0, 0.05) is 6.54 Å². The number of nitrogens with zero attached hydrogens (tertiary/aromatic N) is 4. The molecule has 1 saturated heterocycles. The van der Waals surface area contributed by atoms with E-state index in [-0.39, 0.29) is 17.8 Å². The maximum absolute atomic E-state index is 11.9. The van der Waals surface area contributed by atoms with Crippen LogP contribution in [0.2, 0.25) is 5.28 Å². The molecular weight excluding hydrogens is 284 g/mol. The van der Waals surface area contributed by atoms with E-state index < -0.39 is 17.4 Å². The van der Waals surface area contributed by atoms with Gasteiger partial charge in [-0.2, -0.15) is 15.0 Å². The maximum Gasteiger partial charge on any atom is 0.252 e. The highest BCUT2D eigenvalue weighted by Crippen LogP contribution is 2.24. The first-order valence-electron chi connectivity index (χ1n) is 6.12. The molecule has 1 aromatic rings. The minimum Gasteiger partial charge on any atom is -0.354 e. The summed E-state index contributed by atoms with van der Waals surface area (Å²) in [6.07, 6.45) is 0. The Morgan fingerprint density at radius 2 is 2.05 bits per heavy atom. The monoisotopic (exact) mass is 298 g/mol. The average Bonchev–Trinajstić information content (AvgIpc) is 2.33. The minimum atomic E-state index is -0.956. The number of hydrogen-bond acceptors (Lipinski definition) is 7. The zero-order chi connectivity index (χ0) is 14.9. The summed E-state index contributed by atoms with van der Waals surface area (Å²) in [5.41, 5.74) is -0.956. The van der Waals surface area contributed by atoms with Crippen molar-refractivity contribution in [2.45, 2.75) is 26.3 Å². The fourth-order valence-electron chi connectivity index (χ4n) is 1.80. The van der Waals surface area contributed by atoms with Crippen molar-refractivity contribution in [3.05, 3.63) is 5.28 Å². The summed E-state index contributed by atoms with van der Waals surface area (Å²) in [6.45, 7) is 5.84. The number of rotatable bonds is 3. The number of aromatic nitrogens is 3. The normalized spacial score (nSPS) is 17.9. The van der Waals surface area contributed by atoms with Crippen LogP contribution in [0, 0.1) is 0 Å². The van der Waals surface area contributed by atoms with Gasteiger partial charge in [-0.05, 0) is 32.4 Å². The van der Waals surface area contributed by atoms with Crippen LogP contribution in [0.5, 0.6) is 0 Å². The largest absolute Gasteiger partial charge is 0.354 e.